The molecule has 2 N–H and O–H groups in total. The second kappa shape index (κ2) is 6.10. The summed E-state index contributed by atoms with van der Waals surface area (Å²) in [6.07, 6.45) is 1.23. The van der Waals surface area contributed by atoms with Crippen LogP contribution in [0.5, 0.6) is 0 Å². The summed E-state index contributed by atoms with van der Waals surface area (Å²) in [5, 5.41) is 0. The molecule has 17 heavy (non-hydrogen) atoms. The van der Waals surface area contributed by atoms with Crippen LogP contribution in [0.25, 0.3) is 0 Å². The van der Waals surface area contributed by atoms with Crippen LogP contribution in [0.15, 0.2) is 18.2 Å². The average Bonchev–Trinajstić information content (AvgIpc) is 2.77. The van der Waals surface area contributed by atoms with Crippen molar-refractivity contribution in [2.75, 3.05) is 26.8 Å². The lowest BCUT2D eigenvalue weighted by atomic mass is 10.1. The summed E-state index contributed by atoms with van der Waals surface area (Å²) in [5.74, 6) is 0.678. The van der Waals surface area contributed by atoms with E-state index in [1.165, 1.54) is 6.42 Å². The highest BCUT2D eigenvalue weighted by Crippen LogP contribution is 2.18. The van der Waals surface area contributed by atoms with Gasteiger partial charge in [-0.2, -0.15) is 0 Å². The molecule has 1 aliphatic heterocycles. The zero-order valence-electron chi connectivity index (χ0n) is 10.4. The number of aromatic nitrogens is 1. The molecule has 0 saturated carbocycles. The molecule has 1 atom stereocenters. The number of ether oxygens (including phenoxy) is 1. The monoisotopic (exact) mass is 235 g/mol. The molecule has 0 aliphatic carbocycles. The van der Waals surface area contributed by atoms with Gasteiger partial charge in [0.05, 0.1) is 18.0 Å². The zero-order valence-corrected chi connectivity index (χ0v) is 10.4. The minimum Gasteiger partial charge on any atom is -0.384 e. The first-order chi connectivity index (χ1) is 8.31. The molecule has 1 aromatic rings. The Morgan fingerprint density at radius 2 is 2.29 bits per heavy atom. The van der Waals surface area contributed by atoms with E-state index in [9.17, 15) is 0 Å². The van der Waals surface area contributed by atoms with Crippen LogP contribution in [0.4, 0.5) is 0 Å². The summed E-state index contributed by atoms with van der Waals surface area (Å²) in [6, 6.07) is 6.08. The number of nitrogens with zero attached hydrogens (tertiary/aromatic N) is 2. The SMILES string of the molecule is COCC1CCN(Cc2cccc(CN)n2)C1. The van der Waals surface area contributed by atoms with Gasteiger partial charge in [-0.3, -0.25) is 9.88 Å². The molecule has 2 heterocycles. The van der Waals surface area contributed by atoms with E-state index in [2.05, 4.69) is 16.0 Å². The molecule has 0 bridgehead atoms. The van der Waals surface area contributed by atoms with Crippen molar-refractivity contribution in [3.8, 4) is 0 Å². The Labute approximate surface area is 103 Å². The van der Waals surface area contributed by atoms with Crippen molar-refractivity contribution in [3.05, 3.63) is 29.6 Å². The second-order valence-electron chi connectivity index (χ2n) is 4.67. The first-order valence-corrected chi connectivity index (χ1v) is 6.18. The first kappa shape index (κ1) is 12.5. The van der Waals surface area contributed by atoms with E-state index in [1.54, 1.807) is 7.11 Å². The summed E-state index contributed by atoms with van der Waals surface area (Å²) in [6.45, 7) is 4.56. The van der Waals surface area contributed by atoms with Gasteiger partial charge in [-0.15, -0.1) is 0 Å². The Bertz CT molecular complexity index is 356. The molecule has 4 nitrogen and oxygen atoms in total. The standard InChI is InChI=1S/C13H21N3O/c1-17-10-11-5-6-16(8-11)9-13-4-2-3-12(7-14)15-13/h2-4,11H,5-10,14H2,1H3. The molecule has 0 amide bonds. The third kappa shape index (κ3) is 3.49. The Kier molecular flexibility index (Phi) is 4.48. The van der Waals surface area contributed by atoms with Gasteiger partial charge in [-0.1, -0.05) is 6.07 Å². The highest BCUT2D eigenvalue weighted by atomic mass is 16.5. The largest absolute Gasteiger partial charge is 0.384 e. The van der Waals surface area contributed by atoms with Gasteiger partial charge < -0.3 is 10.5 Å². The third-order valence-electron chi connectivity index (χ3n) is 3.23. The molecule has 94 valence electrons. The Hall–Kier alpha value is -0.970. The molecule has 1 aromatic heterocycles. The fourth-order valence-corrected chi connectivity index (χ4v) is 2.39. The van der Waals surface area contributed by atoms with Gasteiger partial charge in [-0.25, -0.2) is 0 Å². The highest BCUT2D eigenvalue weighted by Gasteiger charge is 2.22. The highest BCUT2D eigenvalue weighted by molar-refractivity contribution is 5.11. The zero-order chi connectivity index (χ0) is 12.1. The molecule has 1 aliphatic rings. The Balaban J connectivity index is 1.88. The lowest BCUT2D eigenvalue weighted by Gasteiger charge is -2.15. The minimum absolute atomic E-state index is 0.514. The van der Waals surface area contributed by atoms with Gasteiger partial charge in [0, 0.05) is 26.7 Å². The van der Waals surface area contributed by atoms with Crippen LogP contribution in [0.1, 0.15) is 17.8 Å². The van der Waals surface area contributed by atoms with Crippen LogP contribution in [-0.4, -0.2) is 36.7 Å². The van der Waals surface area contributed by atoms with Crippen LogP contribution >= 0.6 is 0 Å². The quantitative estimate of drug-likeness (QED) is 0.827. The van der Waals surface area contributed by atoms with Crippen LogP contribution in [0.3, 0.4) is 0 Å². The van der Waals surface area contributed by atoms with Crippen LogP contribution < -0.4 is 5.73 Å². The summed E-state index contributed by atoms with van der Waals surface area (Å²) in [4.78, 5) is 6.96. The van der Waals surface area contributed by atoms with Crippen molar-refractivity contribution in [2.24, 2.45) is 11.7 Å². The predicted molar refractivity (Wildman–Crippen MR) is 67.4 cm³/mol. The maximum atomic E-state index is 5.60. The molecular formula is C13H21N3O. The van der Waals surface area contributed by atoms with Crippen LogP contribution in [0.2, 0.25) is 0 Å². The molecule has 0 spiro atoms. The van der Waals surface area contributed by atoms with E-state index in [0.717, 1.165) is 37.6 Å². The van der Waals surface area contributed by atoms with Crippen molar-refractivity contribution in [1.82, 2.24) is 9.88 Å². The minimum atomic E-state index is 0.514. The van der Waals surface area contributed by atoms with Crippen molar-refractivity contribution in [2.45, 2.75) is 19.5 Å². The van der Waals surface area contributed by atoms with E-state index in [1.807, 2.05) is 12.1 Å². The Morgan fingerprint density at radius 1 is 1.47 bits per heavy atom. The molecule has 0 aromatic carbocycles. The maximum absolute atomic E-state index is 5.60. The molecular weight excluding hydrogens is 214 g/mol. The lowest BCUT2D eigenvalue weighted by molar-refractivity contribution is 0.152. The van der Waals surface area contributed by atoms with Crippen molar-refractivity contribution in [1.29, 1.82) is 0 Å². The average molecular weight is 235 g/mol. The number of methoxy groups -OCH3 is 1. The van der Waals surface area contributed by atoms with Crippen LogP contribution in [0, 0.1) is 5.92 Å². The number of nitrogens with two attached hydrogens (primary N) is 1. The molecule has 1 unspecified atom stereocenters. The van der Waals surface area contributed by atoms with E-state index < -0.39 is 0 Å². The van der Waals surface area contributed by atoms with Gasteiger partial charge in [-0.05, 0) is 31.0 Å². The van der Waals surface area contributed by atoms with Crippen molar-refractivity contribution < 1.29 is 4.74 Å². The number of hydrogen-bond acceptors (Lipinski definition) is 4. The first-order valence-electron chi connectivity index (χ1n) is 6.18. The van der Waals surface area contributed by atoms with Gasteiger partial charge in [0.2, 0.25) is 0 Å². The molecule has 1 saturated heterocycles. The van der Waals surface area contributed by atoms with Crippen LogP contribution in [-0.2, 0) is 17.8 Å². The number of pyridine rings is 1. The smallest absolute Gasteiger partial charge is 0.0547 e. The summed E-state index contributed by atoms with van der Waals surface area (Å²) >= 11 is 0. The van der Waals surface area contributed by atoms with E-state index in [4.69, 9.17) is 10.5 Å². The number of rotatable bonds is 5. The van der Waals surface area contributed by atoms with Gasteiger partial charge in [0.15, 0.2) is 0 Å². The van der Waals surface area contributed by atoms with Gasteiger partial charge in [0.1, 0.15) is 0 Å². The summed E-state index contributed by atoms with van der Waals surface area (Å²) < 4.78 is 5.20. The van der Waals surface area contributed by atoms with Gasteiger partial charge >= 0.3 is 0 Å². The Morgan fingerprint density at radius 3 is 3.06 bits per heavy atom. The normalized spacial score (nSPS) is 20.9. The number of likely N-dealkylation sites (tertiary alicyclic amines) is 1. The maximum Gasteiger partial charge on any atom is 0.0547 e. The summed E-state index contributed by atoms with van der Waals surface area (Å²) in [5.41, 5.74) is 7.68. The van der Waals surface area contributed by atoms with E-state index >= 15 is 0 Å². The second-order valence-corrected chi connectivity index (χ2v) is 4.67. The predicted octanol–water partition coefficient (Wildman–Crippen LogP) is 1.01. The van der Waals surface area contributed by atoms with E-state index in [0.29, 0.717) is 12.5 Å². The molecule has 1 fully saturated rings. The molecule has 2 rings (SSSR count). The van der Waals surface area contributed by atoms with E-state index in [-0.39, 0.29) is 0 Å². The molecule has 4 heteroatoms. The third-order valence-corrected chi connectivity index (χ3v) is 3.23. The summed E-state index contributed by atoms with van der Waals surface area (Å²) in [7, 11) is 1.77. The lowest BCUT2D eigenvalue weighted by Crippen LogP contribution is -2.22. The fraction of sp³-hybridized carbons (Fsp3) is 0.615. The van der Waals surface area contributed by atoms with Crippen molar-refractivity contribution in [3.63, 3.8) is 0 Å². The van der Waals surface area contributed by atoms with Crippen molar-refractivity contribution >= 4 is 0 Å². The van der Waals surface area contributed by atoms with Gasteiger partial charge in [0.25, 0.3) is 0 Å². The molecule has 0 radical (unpaired) electrons. The topological polar surface area (TPSA) is 51.4 Å². The number of hydrogen-bond donors (Lipinski definition) is 1. The fourth-order valence-electron chi connectivity index (χ4n) is 2.39.